The smallest absolute Gasteiger partial charge is 0.0406 e. The molecule has 2 atom stereocenters. The molecule has 2 nitrogen and oxygen atoms in total. The molecule has 0 amide bonds. The molecule has 3 rings (SSSR count). The molecule has 1 saturated heterocycles. The van der Waals surface area contributed by atoms with E-state index in [2.05, 4.69) is 28.9 Å². The number of hydrogen-bond donors (Lipinski definition) is 0. The molecule has 0 bridgehead atoms. The highest BCUT2D eigenvalue weighted by atomic mass is 35.5. The third-order valence-corrected chi connectivity index (χ3v) is 5.40. The average molecular weight is 307 g/mol. The van der Waals surface area contributed by atoms with Gasteiger partial charge in [0.2, 0.25) is 0 Å². The summed E-state index contributed by atoms with van der Waals surface area (Å²) in [7, 11) is 0. The summed E-state index contributed by atoms with van der Waals surface area (Å²) in [6.45, 7) is 8.37. The fourth-order valence-electron chi connectivity index (χ4n) is 3.87. The van der Waals surface area contributed by atoms with Crippen molar-refractivity contribution >= 4 is 11.6 Å². The summed E-state index contributed by atoms with van der Waals surface area (Å²) in [6, 6.07) is 9.15. The van der Waals surface area contributed by atoms with Gasteiger partial charge in [-0.1, -0.05) is 43.5 Å². The molecule has 21 heavy (non-hydrogen) atoms. The predicted molar refractivity (Wildman–Crippen MR) is 89.7 cm³/mol. The van der Waals surface area contributed by atoms with Crippen LogP contribution in [-0.2, 0) is 6.54 Å². The van der Waals surface area contributed by atoms with Crippen LogP contribution in [0.15, 0.2) is 24.3 Å². The topological polar surface area (TPSA) is 6.48 Å². The predicted octanol–water partition coefficient (Wildman–Crippen LogP) is 4.04. The molecular weight excluding hydrogens is 280 g/mol. The van der Waals surface area contributed by atoms with Gasteiger partial charge < -0.3 is 0 Å². The highest BCUT2D eigenvalue weighted by Gasteiger charge is 2.27. The normalized spacial score (nSPS) is 28.7. The fourth-order valence-corrected chi connectivity index (χ4v) is 3.99. The van der Waals surface area contributed by atoms with E-state index in [9.17, 15) is 0 Å². The molecule has 1 heterocycles. The van der Waals surface area contributed by atoms with Gasteiger partial charge in [0.25, 0.3) is 0 Å². The minimum absolute atomic E-state index is 0.829. The Kier molecular flexibility index (Phi) is 5.20. The van der Waals surface area contributed by atoms with Crippen molar-refractivity contribution < 1.29 is 0 Å². The Morgan fingerprint density at radius 2 is 1.76 bits per heavy atom. The first-order valence-corrected chi connectivity index (χ1v) is 8.79. The van der Waals surface area contributed by atoms with Crippen LogP contribution in [-0.4, -0.2) is 42.0 Å². The van der Waals surface area contributed by atoms with Crippen LogP contribution >= 0.6 is 11.6 Å². The second-order valence-electron chi connectivity index (χ2n) is 6.86. The lowest BCUT2D eigenvalue weighted by molar-refractivity contribution is 0.0659. The first-order chi connectivity index (χ1) is 10.2. The zero-order chi connectivity index (χ0) is 14.7. The molecule has 116 valence electrons. The quantitative estimate of drug-likeness (QED) is 0.831. The highest BCUT2D eigenvalue weighted by molar-refractivity contribution is 6.30. The Morgan fingerprint density at radius 1 is 1.05 bits per heavy atom. The summed E-state index contributed by atoms with van der Waals surface area (Å²) in [5, 5.41) is 0.829. The van der Waals surface area contributed by atoms with E-state index in [0.29, 0.717) is 0 Å². The number of halogens is 1. The van der Waals surface area contributed by atoms with Crippen LogP contribution in [0.5, 0.6) is 0 Å². The van der Waals surface area contributed by atoms with Gasteiger partial charge in [-0.05, 0) is 36.5 Å². The molecule has 3 heteroatoms. The van der Waals surface area contributed by atoms with E-state index < -0.39 is 0 Å². The van der Waals surface area contributed by atoms with Crippen molar-refractivity contribution in [1.29, 1.82) is 0 Å². The van der Waals surface area contributed by atoms with Crippen LogP contribution in [0.25, 0.3) is 0 Å². The Morgan fingerprint density at radius 3 is 2.43 bits per heavy atom. The number of rotatable bonds is 3. The van der Waals surface area contributed by atoms with E-state index >= 15 is 0 Å². The average Bonchev–Trinajstić information content (AvgIpc) is 2.50. The van der Waals surface area contributed by atoms with Gasteiger partial charge in [-0.2, -0.15) is 0 Å². The lowest BCUT2D eigenvalue weighted by atomic mass is 9.86. The Bertz CT molecular complexity index is 437. The van der Waals surface area contributed by atoms with Crippen LogP contribution in [0, 0.1) is 5.92 Å². The Hall–Kier alpha value is -0.570. The molecule has 1 aromatic carbocycles. The summed E-state index contributed by atoms with van der Waals surface area (Å²) in [6.07, 6.45) is 5.70. The maximum absolute atomic E-state index is 5.95. The summed E-state index contributed by atoms with van der Waals surface area (Å²) < 4.78 is 0. The number of piperazine rings is 1. The monoisotopic (exact) mass is 306 g/mol. The third kappa shape index (κ3) is 4.21. The van der Waals surface area contributed by atoms with Gasteiger partial charge in [-0.15, -0.1) is 0 Å². The fraction of sp³-hybridized carbons (Fsp3) is 0.667. The molecule has 1 saturated carbocycles. The van der Waals surface area contributed by atoms with Crippen LogP contribution in [0.4, 0.5) is 0 Å². The van der Waals surface area contributed by atoms with Crippen molar-refractivity contribution in [2.75, 3.05) is 26.2 Å². The molecule has 2 fully saturated rings. The van der Waals surface area contributed by atoms with Crippen LogP contribution < -0.4 is 0 Å². The van der Waals surface area contributed by atoms with Gasteiger partial charge >= 0.3 is 0 Å². The molecule has 0 aromatic heterocycles. The zero-order valence-electron chi connectivity index (χ0n) is 13.1. The minimum Gasteiger partial charge on any atom is -0.298 e. The third-order valence-electron chi connectivity index (χ3n) is 5.15. The molecule has 1 aliphatic heterocycles. The maximum Gasteiger partial charge on any atom is 0.0406 e. The SMILES string of the molecule is C[C@@H]1CCC[C@H](N2CCN(Cc3ccc(Cl)cc3)CC2)C1. The van der Waals surface area contributed by atoms with E-state index in [-0.39, 0.29) is 0 Å². The summed E-state index contributed by atoms with van der Waals surface area (Å²) in [5.74, 6) is 0.927. The van der Waals surface area contributed by atoms with Crippen molar-refractivity contribution in [3.05, 3.63) is 34.9 Å². The second kappa shape index (κ2) is 7.13. The standard InChI is InChI=1S/C18H27ClN2/c1-15-3-2-4-18(13-15)21-11-9-20(10-12-21)14-16-5-7-17(19)8-6-16/h5-8,15,18H,2-4,9-14H2,1H3/t15-,18+/m1/s1. The van der Waals surface area contributed by atoms with Crippen molar-refractivity contribution in [3.8, 4) is 0 Å². The van der Waals surface area contributed by atoms with Gasteiger partial charge in [-0.3, -0.25) is 9.80 Å². The summed E-state index contributed by atoms with van der Waals surface area (Å²) in [5.41, 5.74) is 1.37. The molecular formula is C18H27ClN2. The van der Waals surface area contributed by atoms with E-state index in [1.807, 2.05) is 12.1 Å². The second-order valence-corrected chi connectivity index (χ2v) is 7.30. The lowest BCUT2D eigenvalue weighted by Gasteiger charge is -2.42. The first kappa shape index (κ1) is 15.3. The Labute approximate surface area is 134 Å². The van der Waals surface area contributed by atoms with Gasteiger partial charge in [0.15, 0.2) is 0 Å². The van der Waals surface area contributed by atoms with Gasteiger partial charge in [0.1, 0.15) is 0 Å². The van der Waals surface area contributed by atoms with Crippen molar-refractivity contribution in [2.45, 2.75) is 45.2 Å². The molecule has 0 spiro atoms. The van der Waals surface area contributed by atoms with E-state index in [1.165, 1.54) is 57.4 Å². The molecule has 0 radical (unpaired) electrons. The van der Waals surface area contributed by atoms with E-state index in [1.54, 1.807) is 0 Å². The lowest BCUT2D eigenvalue weighted by Crippen LogP contribution is -2.50. The summed E-state index contributed by atoms with van der Waals surface area (Å²) in [4.78, 5) is 5.32. The minimum atomic E-state index is 0.829. The largest absolute Gasteiger partial charge is 0.298 e. The zero-order valence-corrected chi connectivity index (χ0v) is 13.9. The van der Waals surface area contributed by atoms with Gasteiger partial charge in [0.05, 0.1) is 0 Å². The van der Waals surface area contributed by atoms with Crippen LogP contribution in [0.3, 0.4) is 0 Å². The van der Waals surface area contributed by atoms with Crippen molar-refractivity contribution in [3.63, 3.8) is 0 Å². The van der Waals surface area contributed by atoms with Crippen molar-refractivity contribution in [2.24, 2.45) is 5.92 Å². The highest BCUT2D eigenvalue weighted by Crippen LogP contribution is 2.28. The molecule has 1 aromatic rings. The number of hydrogen-bond acceptors (Lipinski definition) is 2. The number of nitrogens with zero attached hydrogens (tertiary/aromatic N) is 2. The molecule has 1 aliphatic carbocycles. The van der Waals surface area contributed by atoms with Crippen LogP contribution in [0.1, 0.15) is 38.2 Å². The van der Waals surface area contributed by atoms with E-state index in [0.717, 1.165) is 23.5 Å². The van der Waals surface area contributed by atoms with Crippen LogP contribution in [0.2, 0.25) is 5.02 Å². The van der Waals surface area contributed by atoms with Gasteiger partial charge in [-0.25, -0.2) is 0 Å². The van der Waals surface area contributed by atoms with Gasteiger partial charge in [0, 0.05) is 43.8 Å². The molecule has 2 aliphatic rings. The Balaban J connectivity index is 1.47. The first-order valence-electron chi connectivity index (χ1n) is 8.41. The molecule has 0 unspecified atom stereocenters. The molecule has 0 N–H and O–H groups in total. The van der Waals surface area contributed by atoms with E-state index in [4.69, 9.17) is 11.6 Å². The van der Waals surface area contributed by atoms with Crippen molar-refractivity contribution in [1.82, 2.24) is 9.80 Å². The number of benzene rings is 1. The maximum atomic E-state index is 5.95. The summed E-state index contributed by atoms with van der Waals surface area (Å²) >= 11 is 5.95.